The standard InChI is InChI=1S/C18H17ClF2N2O.ClH/c19-13-3-1-2-12(8-13)18(24)23-17-10-22-7-6-14(17)11-4-5-15(20)16(21)9-11;/h1-5,8-9,14,17,22H,6-7,10H2,(H,23,24);1H. The number of carbonyl (C=O) groups is 1. The molecule has 3 nitrogen and oxygen atoms in total. The summed E-state index contributed by atoms with van der Waals surface area (Å²) in [5, 5.41) is 6.68. The molecule has 1 aliphatic rings. The summed E-state index contributed by atoms with van der Waals surface area (Å²) < 4.78 is 26.7. The van der Waals surface area contributed by atoms with E-state index >= 15 is 0 Å². The van der Waals surface area contributed by atoms with Crippen molar-refractivity contribution in [3.63, 3.8) is 0 Å². The van der Waals surface area contributed by atoms with Crippen molar-refractivity contribution < 1.29 is 13.6 Å². The summed E-state index contributed by atoms with van der Waals surface area (Å²) in [6.45, 7) is 1.32. The maximum atomic E-state index is 13.5. The molecule has 2 N–H and O–H groups in total. The highest BCUT2D eigenvalue weighted by atomic mass is 35.5. The second-order valence-electron chi connectivity index (χ2n) is 5.86. The molecule has 2 aromatic rings. The zero-order valence-electron chi connectivity index (χ0n) is 13.3. The molecule has 1 heterocycles. The molecule has 3 rings (SSSR count). The van der Waals surface area contributed by atoms with E-state index in [2.05, 4.69) is 10.6 Å². The Labute approximate surface area is 156 Å². The van der Waals surface area contributed by atoms with Crippen LogP contribution in [0.25, 0.3) is 0 Å². The van der Waals surface area contributed by atoms with Gasteiger partial charge in [0, 0.05) is 29.1 Å². The van der Waals surface area contributed by atoms with Gasteiger partial charge >= 0.3 is 0 Å². The fourth-order valence-corrected chi connectivity index (χ4v) is 3.22. The number of nitrogens with one attached hydrogen (secondary N) is 2. The van der Waals surface area contributed by atoms with E-state index in [1.807, 2.05) is 0 Å². The third-order valence-corrected chi connectivity index (χ3v) is 4.49. The van der Waals surface area contributed by atoms with Gasteiger partial charge < -0.3 is 10.6 Å². The lowest BCUT2D eigenvalue weighted by Gasteiger charge is -2.33. The summed E-state index contributed by atoms with van der Waals surface area (Å²) in [6.07, 6.45) is 0.728. The monoisotopic (exact) mass is 386 g/mol. The van der Waals surface area contributed by atoms with Crippen LogP contribution in [0.3, 0.4) is 0 Å². The van der Waals surface area contributed by atoms with Crippen molar-refractivity contribution >= 4 is 29.9 Å². The Hall–Kier alpha value is -1.69. The van der Waals surface area contributed by atoms with Crippen molar-refractivity contribution in [2.45, 2.75) is 18.4 Å². The third-order valence-electron chi connectivity index (χ3n) is 4.26. The molecular formula is C18H18Cl2F2N2O. The van der Waals surface area contributed by atoms with E-state index in [1.165, 1.54) is 6.07 Å². The number of halogens is 4. The van der Waals surface area contributed by atoms with Gasteiger partial charge in [-0.05, 0) is 48.9 Å². The second-order valence-corrected chi connectivity index (χ2v) is 6.30. The molecule has 1 amide bonds. The molecule has 0 aliphatic carbocycles. The highest BCUT2D eigenvalue weighted by Gasteiger charge is 2.28. The normalized spacial score (nSPS) is 19.8. The largest absolute Gasteiger partial charge is 0.347 e. The Kier molecular flexibility index (Phi) is 6.76. The van der Waals surface area contributed by atoms with E-state index in [9.17, 15) is 13.6 Å². The van der Waals surface area contributed by atoms with Crippen LogP contribution >= 0.6 is 24.0 Å². The van der Waals surface area contributed by atoms with Gasteiger partial charge in [0.2, 0.25) is 0 Å². The van der Waals surface area contributed by atoms with E-state index in [1.54, 1.807) is 30.3 Å². The molecule has 1 saturated heterocycles. The van der Waals surface area contributed by atoms with Gasteiger partial charge in [0.25, 0.3) is 5.91 Å². The lowest BCUT2D eigenvalue weighted by Crippen LogP contribution is -2.50. The van der Waals surface area contributed by atoms with Crippen molar-refractivity contribution in [2.24, 2.45) is 0 Å². The summed E-state index contributed by atoms with van der Waals surface area (Å²) in [4.78, 5) is 12.4. The van der Waals surface area contributed by atoms with Crippen LogP contribution in [0.1, 0.15) is 28.3 Å². The predicted molar refractivity (Wildman–Crippen MR) is 96.5 cm³/mol. The van der Waals surface area contributed by atoms with Crippen LogP contribution in [0, 0.1) is 11.6 Å². The first kappa shape index (κ1) is 19.6. The quantitative estimate of drug-likeness (QED) is 0.839. The lowest BCUT2D eigenvalue weighted by molar-refractivity contribution is 0.0924. The van der Waals surface area contributed by atoms with Crippen molar-refractivity contribution in [1.82, 2.24) is 10.6 Å². The van der Waals surface area contributed by atoms with Crippen LogP contribution in [0.15, 0.2) is 42.5 Å². The highest BCUT2D eigenvalue weighted by Crippen LogP contribution is 2.27. The van der Waals surface area contributed by atoms with Gasteiger partial charge in [-0.15, -0.1) is 12.4 Å². The molecule has 7 heteroatoms. The molecular weight excluding hydrogens is 369 g/mol. The van der Waals surface area contributed by atoms with Crippen LogP contribution in [0.5, 0.6) is 0 Å². The minimum Gasteiger partial charge on any atom is -0.347 e. The van der Waals surface area contributed by atoms with E-state index in [0.29, 0.717) is 22.7 Å². The van der Waals surface area contributed by atoms with Gasteiger partial charge in [-0.25, -0.2) is 8.78 Å². The van der Waals surface area contributed by atoms with Crippen molar-refractivity contribution in [3.05, 3.63) is 70.2 Å². The minimum atomic E-state index is -0.869. The summed E-state index contributed by atoms with van der Waals surface area (Å²) in [7, 11) is 0. The Morgan fingerprint density at radius 1 is 1.16 bits per heavy atom. The van der Waals surface area contributed by atoms with E-state index in [-0.39, 0.29) is 30.3 Å². The molecule has 134 valence electrons. The van der Waals surface area contributed by atoms with E-state index in [0.717, 1.165) is 19.0 Å². The first-order valence-corrected chi connectivity index (χ1v) is 8.14. The average Bonchev–Trinajstić information content (AvgIpc) is 2.58. The number of hydrogen-bond acceptors (Lipinski definition) is 2. The first-order chi connectivity index (χ1) is 11.5. The average molecular weight is 387 g/mol. The topological polar surface area (TPSA) is 41.1 Å². The molecule has 25 heavy (non-hydrogen) atoms. The molecule has 2 aromatic carbocycles. The molecule has 2 atom stereocenters. The van der Waals surface area contributed by atoms with E-state index in [4.69, 9.17) is 11.6 Å². The Balaban J connectivity index is 0.00000225. The maximum Gasteiger partial charge on any atom is 0.251 e. The summed E-state index contributed by atoms with van der Waals surface area (Å²) in [6, 6.07) is 10.4. The number of rotatable bonds is 3. The molecule has 2 unspecified atom stereocenters. The van der Waals surface area contributed by atoms with Crippen LogP contribution < -0.4 is 10.6 Å². The van der Waals surface area contributed by atoms with Gasteiger partial charge in [0.1, 0.15) is 0 Å². The Bertz CT molecular complexity index is 758. The van der Waals surface area contributed by atoms with Gasteiger partial charge in [-0.1, -0.05) is 23.7 Å². The van der Waals surface area contributed by atoms with Crippen molar-refractivity contribution in [1.29, 1.82) is 0 Å². The van der Waals surface area contributed by atoms with Gasteiger partial charge in [-0.3, -0.25) is 4.79 Å². The van der Waals surface area contributed by atoms with Crippen molar-refractivity contribution in [2.75, 3.05) is 13.1 Å². The van der Waals surface area contributed by atoms with Gasteiger partial charge in [-0.2, -0.15) is 0 Å². The van der Waals surface area contributed by atoms with E-state index < -0.39 is 11.6 Å². The molecule has 0 radical (unpaired) electrons. The third kappa shape index (κ3) is 4.69. The molecule has 0 saturated carbocycles. The molecule has 1 aliphatic heterocycles. The molecule has 0 bridgehead atoms. The van der Waals surface area contributed by atoms with Gasteiger partial charge in [0.05, 0.1) is 0 Å². The number of hydrogen-bond donors (Lipinski definition) is 2. The Morgan fingerprint density at radius 2 is 1.96 bits per heavy atom. The number of amides is 1. The molecule has 0 aromatic heterocycles. The predicted octanol–water partition coefficient (Wildman–Crippen LogP) is 3.92. The van der Waals surface area contributed by atoms with Crippen LogP contribution in [-0.4, -0.2) is 25.0 Å². The first-order valence-electron chi connectivity index (χ1n) is 7.76. The SMILES string of the molecule is Cl.O=C(NC1CNCCC1c1ccc(F)c(F)c1)c1cccc(Cl)c1. The number of benzene rings is 2. The summed E-state index contributed by atoms with van der Waals surface area (Å²) in [5.41, 5.74) is 1.16. The molecule has 1 fully saturated rings. The lowest BCUT2D eigenvalue weighted by atomic mass is 9.85. The second kappa shape index (κ2) is 8.61. The Morgan fingerprint density at radius 3 is 2.68 bits per heavy atom. The fraction of sp³-hybridized carbons (Fsp3) is 0.278. The zero-order valence-corrected chi connectivity index (χ0v) is 14.8. The maximum absolute atomic E-state index is 13.5. The van der Waals surface area contributed by atoms with Gasteiger partial charge in [0.15, 0.2) is 11.6 Å². The van der Waals surface area contributed by atoms with Crippen LogP contribution in [-0.2, 0) is 0 Å². The minimum absolute atomic E-state index is 0. The number of carbonyl (C=O) groups excluding carboxylic acids is 1. The summed E-state index contributed by atoms with van der Waals surface area (Å²) in [5.74, 6) is -2.05. The zero-order chi connectivity index (χ0) is 17.1. The van der Waals surface area contributed by atoms with Crippen LogP contribution in [0.4, 0.5) is 8.78 Å². The molecule has 0 spiro atoms. The smallest absolute Gasteiger partial charge is 0.251 e. The van der Waals surface area contributed by atoms with Crippen molar-refractivity contribution in [3.8, 4) is 0 Å². The highest BCUT2D eigenvalue weighted by molar-refractivity contribution is 6.30. The van der Waals surface area contributed by atoms with Crippen LogP contribution in [0.2, 0.25) is 5.02 Å². The summed E-state index contributed by atoms with van der Waals surface area (Å²) >= 11 is 5.92. The number of piperidine rings is 1. The fourth-order valence-electron chi connectivity index (χ4n) is 3.03.